The highest BCUT2D eigenvalue weighted by Crippen LogP contribution is 2.11. The second-order valence-corrected chi connectivity index (χ2v) is 5.40. The zero-order valence-corrected chi connectivity index (χ0v) is 13.4. The number of nitrogens with one attached hydrogen (secondary N) is 2. The van der Waals surface area contributed by atoms with Gasteiger partial charge < -0.3 is 10.6 Å². The molecule has 116 valence electrons. The van der Waals surface area contributed by atoms with Crippen LogP contribution in [-0.4, -0.2) is 29.5 Å². The van der Waals surface area contributed by atoms with E-state index in [1.54, 1.807) is 13.2 Å². The van der Waals surface area contributed by atoms with Crippen LogP contribution < -0.4 is 10.6 Å². The van der Waals surface area contributed by atoms with Crippen LogP contribution in [0.5, 0.6) is 0 Å². The molecular weight excluding hydrogens is 300 g/mol. The van der Waals surface area contributed by atoms with Crippen LogP contribution in [-0.2, 0) is 6.42 Å². The van der Waals surface area contributed by atoms with Crippen molar-refractivity contribution in [3.05, 3.63) is 52.3 Å². The molecule has 0 unspecified atom stereocenters. The minimum absolute atomic E-state index is 0.174. The molecule has 5 nitrogen and oxygen atoms in total. The van der Waals surface area contributed by atoms with Crippen LogP contribution in [0.4, 0.5) is 5.95 Å². The maximum absolute atomic E-state index is 12.1. The first-order chi connectivity index (χ1) is 10.6. The molecule has 22 heavy (non-hydrogen) atoms. The Morgan fingerprint density at radius 2 is 2.00 bits per heavy atom. The molecule has 0 spiro atoms. The van der Waals surface area contributed by atoms with Gasteiger partial charge in [0.15, 0.2) is 0 Å². The second kappa shape index (κ2) is 7.75. The van der Waals surface area contributed by atoms with Gasteiger partial charge in [0.2, 0.25) is 5.95 Å². The van der Waals surface area contributed by atoms with Crippen LogP contribution in [0.3, 0.4) is 0 Å². The lowest BCUT2D eigenvalue weighted by molar-refractivity contribution is 0.0947. The molecule has 2 aromatic rings. The van der Waals surface area contributed by atoms with E-state index in [0.717, 1.165) is 23.4 Å². The van der Waals surface area contributed by atoms with Crippen LogP contribution in [0.1, 0.15) is 28.0 Å². The van der Waals surface area contributed by atoms with Gasteiger partial charge in [0.05, 0.1) is 0 Å². The second-order valence-electron chi connectivity index (χ2n) is 4.96. The summed E-state index contributed by atoms with van der Waals surface area (Å²) in [5.41, 5.74) is 2.37. The predicted octanol–water partition coefficient (Wildman–Crippen LogP) is 2.84. The van der Waals surface area contributed by atoms with E-state index < -0.39 is 0 Å². The van der Waals surface area contributed by atoms with Gasteiger partial charge in [-0.1, -0.05) is 23.7 Å². The van der Waals surface area contributed by atoms with Gasteiger partial charge in [-0.2, -0.15) is 0 Å². The standard InChI is InChI=1S/C16H19ClN4O/c1-11-10-20-16(18-2)21-14(11)15(22)19-9-3-4-12-5-7-13(17)8-6-12/h5-8,10H,3-4,9H2,1-2H3,(H,19,22)(H,18,20,21). The number of rotatable bonds is 6. The first kappa shape index (κ1) is 16.2. The molecule has 1 heterocycles. The van der Waals surface area contributed by atoms with E-state index in [2.05, 4.69) is 20.6 Å². The van der Waals surface area contributed by atoms with Crippen molar-refractivity contribution >= 4 is 23.5 Å². The summed E-state index contributed by atoms with van der Waals surface area (Å²) < 4.78 is 0. The minimum Gasteiger partial charge on any atom is -0.357 e. The number of aromatic nitrogens is 2. The number of carbonyl (C=O) groups excluding carboxylic acids is 1. The lowest BCUT2D eigenvalue weighted by atomic mass is 10.1. The first-order valence-electron chi connectivity index (χ1n) is 7.14. The van der Waals surface area contributed by atoms with Crippen LogP contribution in [0, 0.1) is 6.92 Å². The summed E-state index contributed by atoms with van der Waals surface area (Å²) >= 11 is 5.85. The Bertz CT molecular complexity index is 643. The minimum atomic E-state index is -0.174. The number of amides is 1. The van der Waals surface area contributed by atoms with Gasteiger partial charge in [-0.15, -0.1) is 0 Å². The number of hydrogen-bond acceptors (Lipinski definition) is 4. The summed E-state index contributed by atoms with van der Waals surface area (Å²) in [6.07, 6.45) is 3.39. The van der Waals surface area contributed by atoms with Gasteiger partial charge in [-0.05, 0) is 43.0 Å². The van der Waals surface area contributed by atoms with Crippen molar-refractivity contribution in [2.24, 2.45) is 0 Å². The van der Waals surface area contributed by atoms with Crippen LogP contribution in [0.15, 0.2) is 30.5 Å². The molecule has 0 atom stereocenters. The largest absolute Gasteiger partial charge is 0.357 e. The average Bonchev–Trinajstić information content (AvgIpc) is 2.53. The number of carbonyl (C=O) groups is 1. The molecule has 0 saturated carbocycles. The van der Waals surface area contributed by atoms with Gasteiger partial charge >= 0.3 is 0 Å². The fourth-order valence-corrected chi connectivity index (χ4v) is 2.15. The molecule has 0 bridgehead atoms. The van der Waals surface area contributed by atoms with Crippen molar-refractivity contribution in [1.82, 2.24) is 15.3 Å². The van der Waals surface area contributed by atoms with Crippen molar-refractivity contribution in [3.8, 4) is 0 Å². The van der Waals surface area contributed by atoms with E-state index in [4.69, 9.17) is 11.6 Å². The first-order valence-corrected chi connectivity index (χ1v) is 7.52. The third-order valence-electron chi connectivity index (χ3n) is 3.25. The molecule has 2 rings (SSSR count). The van der Waals surface area contributed by atoms with E-state index >= 15 is 0 Å². The predicted molar refractivity (Wildman–Crippen MR) is 88.4 cm³/mol. The quantitative estimate of drug-likeness (QED) is 0.804. The molecule has 6 heteroatoms. The van der Waals surface area contributed by atoms with Crippen molar-refractivity contribution in [2.45, 2.75) is 19.8 Å². The molecule has 0 radical (unpaired) electrons. The molecule has 1 amide bonds. The van der Waals surface area contributed by atoms with E-state index in [0.29, 0.717) is 18.2 Å². The molecule has 1 aromatic heterocycles. The van der Waals surface area contributed by atoms with Gasteiger partial charge in [-0.3, -0.25) is 4.79 Å². The molecular formula is C16H19ClN4O. The highest BCUT2D eigenvalue weighted by atomic mass is 35.5. The number of anilines is 1. The third-order valence-corrected chi connectivity index (χ3v) is 3.50. The molecule has 2 N–H and O–H groups in total. The molecule has 0 fully saturated rings. The topological polar surface area (TPSA) is 66.9 Å². The zero-order chi connectivity index (χ0) is 15.9. The van der Waals surface area contributed by atoms with E-state index in [9.17, 15) is 4.79 Å². The molecule has 0 saturated heterocycles. The number of hydrogen-bond donors (Lipinski definition) is 2. The maximum atomic E-state index is 12.1. The highest BCUT2D eigenvalue weighted by molar-refractivity contribution is 6.30. The van der Waals surface area contributed by atoms with E-state index in [-0.39, 0.29) is 5.91 Å². The van der Waals surface area contributed by atoms with Gasteiger partial charge in [0.1, 0.15) is 5.69 Å². The summed E-state index contributed by atoms with van der Waals surface area (Å²) in [6, 6.07) is 7.74. The maximum Gasteiger partial charge on any atom is 0.270 e. The Morgan fingerprint density at radius 3 is 2.68 bits per heavy atom. The summed E-state index contributed by atoms with van der Waals surface area (Å²) in [6.45, 7) is 2.42. The lowest BCUT2D eigenvalue weighted by Gasteiger charge is -2.08. The third kappa shape index (κ3) is 4.43. The number of halogens is 1. The highest BCUT2D eigenvalue weighted by Gasteiger charge is 2.11. The smallest absolute Gasteiger partial charge is 0.270 e. The summed E-state index contributed by atoms with van der Waals surface area (Å²) in [4.78, 5) is 20.4. The molecule has 1 aromatic carbocycles. The molecule has 0 aliphatic carbocycles. The van der Waals surface area contributed by atoms with Crippen LogP contribution in [0.2, 0.25) is 5.02 Å². The summed E-state index contributed by atoms with van der Waals surface area (Å²) in [7, 11) is 1.72. The Kier molecular flexibility index (Phi) is 5.72. The number of benzene rings is 1. The Balaban J connectivity index is 1.84. The number of aryl methyl sites for hydroxylation is 2. The van der Waals surface area contributed by atoms with Crippen molar-refractivity contribution in [2.75, 3.05) is 18.9 Å². The summed E-state index contributed by atoms with van der Waals surface area (Å²) in [5.74, 6) is 0.268. The van der Waals surface area contributed by atoms with E-state index in [1.165, 1.54) is 5.56 Å². The van der Waals surface area contributed by atoms with E-state index in [1.807, 2.05) is 31.2 Å². The Labute approximate surface area is 135 Å². The average molecular weight is 319 g/mol. The normalized spacial score (nSPS) is 10.3. The van der Waals surface area contributed by atoms with Crippen LogP contribution >= 0.6 is 11.6 Å². The summed E-state index contributed by atoms with van der Waals surface area (Å²) in [5, 5.41) is 6.45. The molecule has 0 aliphatic heterocycles. The SMILES string of the molecule is CNc1ncc(C)c(C(=O)NCCCc2ccc(Cl)cc2)n1. The Hall–Kier alpha value is -2.14. The van der Waals surface area contributed by atoms with Crippen molar-refractivity contribution in [1.29, 1.82) is 0 Å². The number of nitrogens with zero attached hydrogens (tertiary/aromatic N) is 2. The van der Waals surface area contributed by atoms with Gasteiger partial charge in [0.25, 0.3) is 5.91 Å². The fraction of sp³-hybridized carbons (Fsp3) is 0.312. The lowest BCUT2D eigenvalue weighted by Crippen LogP contribution is -2.27. The van der Waals surface area contributed by atoms with Crippen molar-refractivity contribution < 1.29 is 4.79 Å². The molecule has 0 aliphatic rings. The Morgan fingerprint density at radius 1 is 1.27 bits per heavy atom. The zero-order valence-electron chi connectivity index (χ0n) is 12.7. The van der Waals surface area contributed by atoms with Crippen molar-refractivity contribution in [3.63, 3.8) is 0 Å². The van der Waals surface area contributed by atoms with Gasteiger partial charge in [0, 0.05) is 24.8 Å². The van der Waals surface area contributed by atoms with Crippen LogP contribution in [0.25, 0.3) is 0 Å². The van der Waals surface area contributed by atoms with Gasteiger partial charge in [-0.25, -0.2) is 9.97 Å². The monoisotopic (exact) mass is 318 g/mol. The fourth-order valence-electron chi connectivity index (χ4n) is 2.02.